The number of aromatic nitrogens is 1. The Labute approximate surface area is 114 Å². The summed E-state index contributed by atoms with van der Waals surface area (Å²) in [7, 11) is 1.31. The van der Waals surface area contributed by atoms with Gasteiger partial charge in [0.2, 0.25) is 5.91 Å². The van der Waals surface area contributed by atoms with Gasteiger partial charge in [0.05, 0.1) is 19.2 Å². The molecule has 0 radical (unpaired) electrons. The van der Waals surface area contributed by atoms with E-state index in [4.69, 9.17) is 0 Å². The Balaban J connectivity index is 2.04. The maximum absolute atomic E-state index is 11.9. The second kappa shape index (κ2) is 6.10. The minimum absolute atomic E-state index is 0.198. The van der Waals surface area contributed by atoms with E-state index in [-0.39, 0.29) is 12.3 Å². The highest BCUT2D eigenvalue weighted by molar-refractivity contribution is 7.12. The zero-order valence-corrected chi connectivity index (χ0v) is 11.1. The zero-order valence-electron chi connectivity index (χ0n) is 10.3. The molecule has 0 unspecified atom stereocenters. The van der Waals surface area contributed by atoms with E-state index in [1.807, 2.05) is 6.07 Å². The molecule has 0 aliphatic carbocycles. The van der Waals surface area contributed by atoms with Crippen molar-refractivity contribution in [2.45, 2.75) is 6.42 Å². The quantitative estimate of drug-likeness (QED) is 0.868. The van der Waals surface area contributed by atoms with Crippen molar-refractivity contribution < 1.29 is 14.3 Å². The minimum atomic E-state index is -0.452. The topological polar surface area (TPSA) is 68.3 Å². The molecule has 19 heavy (non-hydrogen) atoms. The first-order chi connectivity index (χ1) is 9.20. The number of nitrogens with zero attached hydrogens (tertiary/aromatic N) is 1. The van der Waals surface area contributed by atoms with Gasteiger partial charge < -0.3 is 10.1 Å². The Morgan fingerprint density at radius 1 is 1.42 bits per heavy atom. The van der Waals surface area contributed by atoms with Gasteiger partial charge in [-0.3, -0.25) is 9.78 Å². The first kappa shape index (κ1) is 13.2. The van der Waals surface area contributed by atoms with Crippen molar-refractivity contribution in [1.82, 2.24) is 4.98 Å². The van der Waals surface area contributed by atoms with E-state index in [0.29, 0.717) is 10.6 Å². The number of methoxy groups -OCH3 is 1. The number of nitrogens with one attached hydrogen (secondary N) is 1. The number of hydrogen-bond donors (Lipinski definition) is 1. The van der Waals surface area contributed by atoms with E-state index in [1.54, 1.807) is 29.9 Å². The van der Waals surface area contributed by atoms with Crippen LogP contribution in [0.2, 0.25) is 0 Å². The molecule has 0 saturated heterocycles. The van der Waals surface area contributed by atoms with Crippen LogP contribution in [-0.4, -0.2) is 24.0 Å². The fraction of sp³-hybridized carbons (Fsp3) is 0.154. The van der Waals surface area contributed by atoms with E-state index < -0.39 is 5.97 Å². The highest BCUT2D eigenvalue weighted by atomic mass is 32.1. The van der Waals surface area contributed by atoms with Crippen LogP contribution >= 0.6 is 11.3 Å². The molecule has 1 N–H and O–H groups in total. The molecule has 2 aromatic rings. The van der Waals surface area contributed by atoms with Crippen LogP contribution < -0.4 is 5.32 Å². The fourth-order valence-corrected chi connectivity index (χ4v) is 2.31. The van der Waals surface area contributed by atoms with E-state index in [2.05, 4.69) is 15.0 Å². The van der Waals surface area contributed by atoms with Crippen LogP contribution in [0.1, 0.15) is 15.2 Å². The minimum Gasteiger partial charge on any atom is -0.465 e. The highest BCUT2D eigenvalue weighted by Gasteiger charge is 2.15. The number of thiophene rings is 1. The molecule has 0 bridgehead atoms. The largest absolute Gasteiger partial charge is 0.465 e. The normalized spacial score (nSPS) is 9.95. The van der Waals surface area contributed by atoms with Crippen molar-refractivity contribution in [2.75, 3.05) is 12.4 Å². The SMILES string of the molecule is COC(=O)c1sccc1NC(=O)Cc1cccnc1. The van der Waals surface area contributed by atoms with Gasteiger partial charge in [0, 0.05) is 12.4 Å². The van der Waals surface area contributed by atoms with Gasteiger partial charge >= 0.3 is 5.97 Å². The fourth-order valence-electron chi connectivity index (χ4n) is 1.54. The molecule has 0 aliphatic rings. The van der Waals surface area contributed by atoms with Crippen LogP contribution in [0, 0.1) is 0 Å². The van der Waals surface area contributed by atoms with Gasteiger partial charge in [0.25, 0.3) is 0 Å². The molecule has 0 atom stereocenters. The number of ether oxygens (including phenoxy) is 1. The van der Waals surface area contributed by atoms with Crippen molar-refractivity contribution in [2.24, 2.45) is 0 Å². The summed E-state index contributed by atoms with van der Waals surface area (Å²) in [6.45, 7) is 0. The molecule has 0 saturated carbocycles. The van der Waals surface area contributed by atoms with Crippen LogP contribution in [0.4, 0.5) is 5.69 Å². The monoisotopic (exact) mass is 276 g/mol. The summed E-state index contributed by atoms with van der Waals surface area (Å²) in [5.74, 6) is -0.650. The summed E-state index contributed by atoms with van der Waals surface area (Å²) < 4.78 is 4.65. The zero-order chi connectivity index (χ0) is 13.7. The highest BCUT2D eigenvalue weighted by Crippen LogP contribution is 2.23. The van der Waals surface area contributed by atoms with Crippen LogP contribution in [0.15, 0.2) is 36.0 Å². The van der Waals surface area contributed by atoms with Gasteiger partial charge in [-0.25, -0.2) is 4.79 Å². The molecule has 2 heterocycles. The molecule has 0 aromatic carbocycles. The molecule has 0 spiro atoms. The van der Waals surface area contributed by atoms with Crippen LogP contribution in [0.3, 0.4) is 0 Å². The second-order valence-electron chi connectivity index (χ2n) is 3.74. The van der Waals surface area contributed by atoms with E-state index in [1.165, 1.54) is 18.4 Å². The van der Waals surface area contributed by atoms with Gasteiger partial charge in [0.1, 0.15) is 4.88 Å². The number of carbonyl (C=O) groups is 2. The first-order valence-corrected chi connectivity index (χ1v) is 6.43. The predicted molar refractivity (Wildman–Crippen MR) is 72.2 cm³/mol. The second-order valence-corrected chi connectivity index (χ2v) is 4.66. The maximum Gasteiger partial charge on any atom is 0.350 e. The third-order valence-corrected chi connectivity index (χ3v) is 3.29. The van der Waals surface area contributed by atoms with Crippen molar-refractivity contribution in [3.05, 3.63) is 46.4 Å². The molecule has 1 amide bonds. The molecular formula is C13H12N2O3S. The van der Waals surface area contributed by atoms with Crippen molar-refractivity contribution in [3.8, 4) is 0 Å². The lowest BCUT2D eigenvalue weighted by Crippen LogP contribution is -2.16. The average molecular weight is 276 g/mol. The van der Waals surface area contributed by atoms with E-state index in [0.717, 1.165) is 5.56 Å². The summed E-state index contributed by atoms with van der Waals surface area (Å²) in [5.41, 5.74) is 1.29. The van der Waals surface area contributed by atoms with Crippen LogP contribution in [0.25, 0.3) is 0 Å². The molecule has 5 nitrogen and oxygen atoms in total. The molecule has 0 fully saturated rings. The smallest absolute Gasteiger partial charge is 0.350 e. The summed E-state index contributed by atoms with van der Waals surface area (Å²) in [6.07, 6.45) is 3.49. The third kappa shape index (κ3) is 3.38. The lowest BCUT2D eigenvalue weighted by Gasteiger charge is -2.05. The Morgan fingerprint density at radius 2 is 2.26 bits per heavy atom. The van der Waals surface area contributed by atoms with E-state index in [9.17, 15) is 9.59 Å². The lowest BCUT2D eigenvalue weighted by atomic mass is 10.2. The van der Waals surface area contributed by atoms with Crippen molar-refractivity contribution in [1.29, 1.82) is 0 Å². The predicted octanol–water partition coefficient (Wildman–Crippen LogP) is 2.11. The number of hydrogen-bond acceptors (Lipinski definition) is 5. The summed E-state index contributed by atoms with van der Waals surface area (Å²) in [4.78, 5) is 27.7. The lowest BCUT2D eigenvalue weighted by molar-refractivity contribution is -0.115. The third-order valence-electron chi connectivity index (χ3n) is 2.40. The van der Waals surface area contributed by atoms with Crippen LogP contribution in [-0.2, 0) is 16.0 Å². The number of rotatable bonds is 4. The molecule has 2 rings (SSSR count). The molecular weight excluding hydrogens is 264 g/mol. The van der Waals surface area contributed by atoms with Gasteiger partial charge in [-0.05, 0) is 23.1 Å². The number of esters is 1. The molecule has 2 aromatic heterocycles. The van der Waals surface area contributed by atoms with Crippen LogP contribution in [0.5, 0.6) is 0 Å². The number of carbonyl (C=O) groups excluding carboxylic acids is 2. The Hall–Kier alpha value is -2.21. The first-order valence-electron chi connectivity index (χ1n) is 5.55. The standard InChI is InChI=1S/C13H12N2O3S/c1-18-13(17)12-10(4-6-19-12)15-11(16)7-9-3-2-5-14-8-9/h2-6,8H,7H2,1H3,(H,15,16). The molecule has 6 heteroatoms. The Bertz CT molecular complexity index is 581. The van der Waals surface area contributed by atoms with Crippen molar-refractivity contribution >= 4 is 28.9 Å². The Kier molecular flexibility index (Phi) is 4.25. The molecule has 0 aliphatic heterocycles. The van der Waals surface area contributed by atoms with Crippen molar-refractivity contribution in [3.63, 3.8) is 0 Å². The molecule has 98 valence electrons. The maximum atomic E-state index is 11.9. The van der Waals surface area contributed by atoms with Gasteiger partial charge in [-0.2, -0.15) is 0 Å². The summed E-state index contributed by atoms with van der Waals surface area (Å²) >= 11 is 1.23. The number of pyridine rings is 1. The Morgan fingerprint density at radius 3 is 2.95 bits per heavy atom. The summed E-state index contributed by atoms with van der Waals surface area (Å²) in [5, 5.41) is 4.43. The van der Waals surface area contributed by atoms with E-state index >= 15 is 0 Å². The number of anilines is 1. The number of amides is 1. The van der Waals surface area contributed by atoms with Gasteiger partial charge in [-0.1, -0.05) is 6.07 Å². The summed E-state index contributed by atoms with van der Waals surface area (Å²) in [6, 6.07) is 5.27. The average Bonchev–Trinajstić information content (AvgIpc) is 2.87. The van der Waals surface area contributed by atoms with Gasteiger partial charge in [0.15, 0.2) is 0 Å². The van der Waals surface area contributed by atoms with Gasteiger partial charge in [-0.15, -0.1) is 11.3 Å².